The van der Waals surface area contributed by atoms with Crippen molar-refractivity contribution in [3.05, 3.63) is 23.8 Å². The first-order chi connectivity index (χ1) is 6.89. The third-order valence-electron chi connectivity index (χ3n) is 2.18. The molecule has 0 atom stereocenters. The minimum Gasteiger partial charge on any atom is -0.443 e. The van der Waals surface area contributed by atoms with Crippen LogP contribution in [-0.2, 0) is 10.0 Å². The van der Waals surface area contributed by atoms with Crippen LogP contribution in [0.2, 0.25) is 0 Å². The minimum absolute atomic E-state index is 0.205. The van der Waals surface area contributed by atoms with Crippen molar-refractivity contribution >= 4 is 26.7 Å². The summed E-state index contributed by atoms with van der Waals surface area (Å²) in [5.74, 6) is 0. The van der Waals surface area contributed by atoms with E-state index in [1.807, 2.05) is 0 Å². The van der Waals surface area contributed by atoms with Crippen LogP contribution in [0.5, 0.6) is 0 Å². The molecule has 0 aliphatic carbocycles. The average molecular weight is 226 g/mol. The van der Waals surface area contributed by atoms with Gasteiger partial charge in [-0.25, -0.2) is 13.6 Å². The zero-order valence-corrected chi connectivity index (χ0v) is 8.84. The Morgan fingerprint density at radius 2 is 2.00 bits per heavy atom. The van der Waals surface area contributed by atoms with Gasteiger partial charge in [-0.05, 0) is 19.1 Å². The number of rotatable bonds is 1. The van der Waals surface area contributed by atoms with E-state index in [-0.39, 0.29) is 5.09 Å². The van der Waals surface area contributed by atoms with Crippen molar-refractivity contribution in [1.82, 2.24) is 0 Å². The molecule has 1 heterocycles. The van der Waals surface area contributed by atoms with Crippen LogP contribution >= 0.6 is 0 Å². The molecule has 15 heavy (non-hydrogen) atoms. The van der Waals surface area contributed by atoms with E-state index in [4.69, 9.17) is 15.3 Å². The summed E-state index contributed by atoms with van der Waals surface area (Å²) in [6.07, 6.45) is 0. The van der Waals surface area contributed by atoms with E-state index >= 15 is 0 Å². The molecule has 0 spiro atoms. The highest BCUT2D eigenvalue weighted by atomic mass is 32.2. The Kier molecular flexibility index (Phi) is 1.99. The molecule has 0 fully saturated rings. The van der Waals surface area contributed by atoms with Crippen LogP contribution in [0.4, 0.5) is 5.69 Å². The third-order valence-corrected chi connectivity index (χ3v) is 3.08. The lowest BCUT2D eigenvalue weighted by Crippen LogP contribution is -2.12. The number of hydrogen-bond donors (Lipinski definition) is 2. The summed E-state index contributed by atoms with van der Waals surface area (Å²) in [6, 6.07) is 4.95. The van der Waals surface area contributed by atoms with E-state index < -0.39 is 10.0 Å². The number of aryl methyl sites for hydroxylation is 1. The molecule has 6 heteroatoms. The fraction of sp³-hybridized carbons (Fsp3) is 0.111. The Hall–Kier alpha value is -1.53. The highest BCUT2D eigenvalue weighted by molar-refractivity contribution is 7.89. The van der Waals surface area contributed by atoms with Crippen molar-refractivity contribution in [3.8, 4) is 0 Å². The van der Waals surface area contributed by atoms with Gasteiger partial charge in [0, 0.05) is 22.7 Å². The molecule has 0 unspecified atom stereocenters. The molecule has 2 rings (SSSR count). The number of benzene rings is 1. The Morgan fingerprint density at radius 3 is 2.60 bits per heavy atom. The predicted octanol–water partition coefficient (Wildman–Crippen LogP) is 0.971. The molecule has 1 aromatic carbocycles. The van der Waals surface area contributed by atoms with Gasteiger partial charge in [-0.15, -0.1) is 0 Å². The molecule has 0 saturated carbocycles. The molecule has 0 aliphatic rings. The molecule has 0 radical (unpaired) electrons. The topological polar surface area (TPSA) is 99.3 Å². The number of sulfonamides is 1. The molecule has 1 aromatic heterocycles. The van der Waals surface area contributed by atoms with Gasteiger partial charge < -0.3 is 10.2 Å². The van der Waals surface area contributed by atoms with Gasteiger partial charge in [0.1, 0.15) is 5.58 Å². The van der Waals surface area contributed by atoms with Gasteiger partial charge in [0.15, 0.2) is 0 Å². The summed E-state index contributed by atoms with van der Waals surface area (Å²) in [4.78, 5) is 0. The Labute approximate surface area is 86.7 Å². The van der Waals surface area contributed by atoms with Crippen LogP contribution in [0.15, 0.2) is 27.7 Å². The first-order valence-electron chi connectivity index (χ1n) is 4.21. The van der Waals surface area contributed by atoms with Crippen molar-refractivity contribution in [2.24, 2.45) is 5.14 Å². The highest BCUT2D eigenvalue weighted by Gasteiger charge is 2.19. The molecule has 5 nitrogen and oxygen atoms in total. The lowest BCUT2D eigenvalue weighted by molar-refractivity contribution is 0.478. The summed E-state index contributed by atoms with van der Waals surface area (Å²) in [6.45, 7) is 1.64. The van der Waals surface area contributed by atoms with Crippen molar-refractivity contribution in [2.75, 3.05) is 5.73 Å². The normalized spacial score (nSPS) is 12.1. The van der Waals surface area contributed by atoms with Crippen LogP contribution in [0, 0.1) is 6.92 Å². The van der Waals surface area contributed by atoms with Crippen molar-refractivity contribution in [2.45, 2.75) is 12.0 Å². The number of fused-ring (bicyclic) bond motifs is 1. The van der Waals surface area contributed by atoms with E-state index in [1.165, 1.54) is 0 Å². The summed E-state index contributed by atoms with van der Waals surface area (Å²) in [7, 11) is -3.82. The van der Waals surface area contributed by atoms with Crippen LogP contribution in [-0.4, -0.2) is 8.42 Å². The summed E-state index contributed by atoms with van der Waals surface area (Å²) >= 11 is 0. The number of primary sulfonamides is 1. The second-order valence-corrected chi connectivity index (χ2v) is 4.78. The van der Waals surface area contributed by atoms with E-state index in [0.717, 1.165) is 0 Å². The van der Waals surface area contributed by atoms with Gasteiger partial charge >= 0.3 is 0 Å². The predicted molar refractivity (Wildman–Crippen MR) is 56.7 cm³/mol. The van der Waals surface area contributed by atoms with E-state index in [2.05, 4.69) is 0 Å². The molecule has 0 bridgehead atoms. The Bertz CT molecular complexity index is 628. The number of furan rings is 1. The average Bonchev–Trinajstić information content (AvgIpc) is 2.42. The molecule has 80 valence electrons. The minimum atomic E-state index is -3.82. The number of anilines is 1. The maximum absolute atomic E-state index is 11.2. The maximum Gasteiger partial charge on any atom is 0.271 e. The largest absolute Gasteiger partial charge is 0.443 e. The van der Waals surface area contributed by atoms with Crippen molar-refractivity contribution < 1.29 is 12.8 Å². The second kappa shape index (κ2) is 2.98. The lowest BCUT2D eigenvalue weighted by Gasteiger charge is -1.92. The van der Waals surface area contributed by atoms with Gasteiger partial charge in [-0.2, -0.15) is 0 Å². The smallest absolute Gasteiger partial charge is 0.271 e. The Morgan fingerprint density at radius 1 is 1.33 bits per heavy atom. The third kappa shape index (κ3) is 1.57. The van der Waals surface area contributed by atoms with Crippen LogP contribution in [0.25, 0.3) is 11.0 Å². The first-order valence-corrected chi connectivity index (χ1v) is 5.75. The molecular formula is C9H10N2O3S. The lowest BCUT2D eigenvalue weighted by atomic mass is 10.2. The van der Waals surface area contributed by atoms with E-state index in [9.17, 15) is 8.42 Å². The summed E-state index contributed by atoms with van der Waals surface area (Å²) < 4.78 is 27.5. The molecule has 2 aromatic rings. The summed E-state index contributed by atoms with van der Waals surface area (Å²) in [5, 5.41) is 5.50. The van der Waals surface area contributed by atoms with Gasteiger partial charge in [0.25, 0.3) is 10.0 Å². The maximum atomic E-state index is 11.2. The van der Waals surface area contributed by atoms with Gasteiger partial charge in [-0.3, -0.25) is 0 Å². The second-order valence-electron chi connectivity index (χ2n) is 3.32. The van der Waals surface area contributed by atoms with Gasteiger partial charge in [0.2, 0.25) is 5.09 Å². The van der Waals surface area contributed by atoms with Crippen LogP contribution in [0.1, 0.15) is 5.56 Å². The molecule has 0 amide bonds. The van der Waals surface area contributed by atoms with Crippen LogP contribution in [0.3, 0.4) is 0 Å². The fourth-order valence-corrected chi connectivity index (χ4v) is 2.23. The van der Waals surface area contributed by atoms with E-state index in [0.29, 0.717) is 22.2 Å². The van der Waals surface area contributed by atoms with E-state index in [1.54, 1.807) is 25.1 Å². The molecule has 0 aliphatic heterocycles. The zero-order valence-electron chi connectivity index (χ0n) is 8.02. The fourth-order valence-electron chi connectivity index (χ4n) is 1.49. The van der Waals surface area contributed by atoms with Crippen molar-refractivity contribution in [3.63, 3.8) is 0 Å². The molecular weight excluding hydrogens is 216 g/mol. The standard InChI is InChI=1S/C9H10N2O3S/c1-5-7-3-2-6(10)4-8(7)14-9(5)15(11,12)13/h2-4H,10H2,1H3,(H2,11,12,13). The number of hydrogen-bond acceptors (Lipinski definition) is 4. The summed E-state index contributed by atoms with van der Waals surface area (Å²) in [5.41, 5.74) is 7.00. The SMILES string of the molecule is Cc1c(S(N)(=O)=O)oc2cc(N)ccc12. The Balaban J connectivity index is 2.87. The van der Waals surface area contributed by atoms with Crippen LogP contribution < -0.4 is 10.9 Å². The van der Waals surface area contributed by atoms with Gasteiger partial charge in [-0.1, -0.05) is 0 Å². The first kappa shape index (κ1) is 10.0. The molecule has 4 N–H and O–H groups in total. The monoisotopic (exact) mass is 226 g/mol. The zero-order chi connectivity index (χ0) is 11.2. The highest BCUT2D eigenvalue weighted by Crippen LogP contribution is 2.28. The van der Waals surface area contributed by atoms with Crippen molar-refractivity contribution in [1.29, 1.82) is 0 Å². The number of nitrogens with two attached hydrogens (primary N) is 2. The molecule has 0 saturated heterocycles. The van der Waals surface area contributed by atoms with Gasteiger partial charge in [0.05, 0.1) is 0 Å². The number of nitrogen functional groups attached to an aromatic ring is 1. The quantitative estimate of drug-likeness (QED) is 0.707.